The maximum atomic E-state index is 11.9. The van der Waals surface area contributed by atoms with Crippen LogP contribution in [0.1, 0.15) is 18.4 Å². The maximum Gasteiger partial charge on any atom is 0.389 e. The number of benzene rings is 1. The lowest BCUT2D eigenvalue weighted by atomic mass is 10.2. The van der Waals surface area contributed by atoms with Crippen LogP contribution >= 0.6 is 0 Å². The molecular weight excluding hydrogens is 251 g/mol. The summed E-state index contributed by atoms with van der Waals surface area (Å²) >= 11 is 0. The summed E-state index contributed by atoms with van der Waals surface area (Å²) in [6.07, 6.45) is -5.25. The molecule has 0 aromatic heterocycles. The Balaban J connectivity index is 2.61. The van der Waals surface area contributed by atoms with Gasteiger partial charge < -0.3 is 5.73 Å². The van der Waals surface area contributed by atoms with E-state index < -0.39 is 23.4 Å². The molecule has 0 aliphatic heterocycles. The van der Waals surface area contributed by atoms with Crippen LogP contribution < -0.4 is 5.73 Å². The average molecular weight is 265 g/mol. The molecule has 0 radical (unpaired) electrons. The number of anilines is 1. The number of rotatable bonds is 4. The van der Waals surface area contributed by atoms with E-state index in [1.165, 1.54) is 0 Å². The summed E-state index contributed by atoms with van der Waals surface area (Å²) in [4.78, 5) is 0.423. The molecule has 1 unspecified atom stereocenters. The molecule has 0 spiro atoms. The Labute approximate surface area is 100 Å². The first-order valence-electron chi connectivity index (χ1n) is 5.11. The van der Waals surface area contributed by atoms with Crippen molar-refractivity contribution in [3.8, 4) is 0 Å². The van der Waals surface area contributed by atoms with Crippen LogP contribution in [0.4, 0.5) is 18.9 Å². The SMILES string of the molecule is Cc1ccc(N)c(S(=O)CCCC(F)(F)F)c1. The zero-order valence-electron chi connectivity index (χ0n) is 9.38. The molecule has 1 aromatic carbocycles. The molecule has 2 N–H and O–H groups in total. The van der Waals surface area contributed by atoms with Crippen molar-refractivity contribution in [2.75, 3.05) is 11.5 Å². The highest BCUT2D eigenvalue weighted by Crippen LogP contribution is 2.23. The van der Waals surface area contributed by atoms with Crippen molar-refractivity contribution in [1.29, 1.82) is 0 Å². The molecule has 2 nitrogen and oxygen atoms in total. The van der Waals surface area contributed by atoms with Crippen molar-refractivity contribution in [3.05, 3.63) is 23.8 Å². The first-order chi connectivity index (χ1) is 7.79. The molecule has 6 heteroatoms. The van der Waals surface area contributed by atoms with Gasteiger partial charge in [-0.2, -0.15) is 13.2 Å². The molecule has 1 atom stereocenters. The number of alkyl halides is 3. The number of aryl methyl sites for hydroxylation is 1. The van der Waals surface area contributed by atoms with Gasteiger partial charge in [0, 0.05) is 17.9 Å². The minimum Gasteiger partial charge on any atom is -0.398 e. The fourth-order valence-electron chi connectivity index (χ4n) is 1.35. The molecule has 0 fully saturated rings. The van der Waals surface area contributed by atoms with Gasteiger partial charge in [-0.05, 0) is 31.0 Å². The summed E-state index contributed by atoms with van der Waals surface area (Å²) in [5.74, 6) is -0.0207. The summed E-state index contributed by atoms with van der Waals surface area (Å²) in [6.45, 7) is 1.82. The van der Waals surface area contributed by atoms with E-state index in [1.807, 2.05) is 6.92 Å². The Hall–Kier alpha value is -1.04. The van der Waals surface area contributed by atoms with Gasteiger partial charge in [0.15, 0.2) is 0 Å². The van der Waals surface area contributed by atoms with Crippen LogP contribution in [0.2, 0.25) is 0 Å². The Morgan fingerprint density at radius 2 is 2.00 bits per heavy atom. The second-order valence-electron chi connectivity index (χ2n) is 3.81. The monoisotopic (exact) mass is 265 g/mol. The number of nitrogen functional groups attached to an aromatic ring is 1. The van der Waals surface area contributed by atoms with Crippen molar-refractivity contribution < 1.29 is 17.4 Å². The van der Waals surface area contributed by atoms with Crippen LogP contribution in [-0.2, 0) is 10.8 Å². The van der Waals surface area contributed by atoms with E-state index in [0.29, 0.717) is 10.6 Å². The van der Waals surface area contributed by atoms with Gasteiger partial charge in [0.1, 0.15) is 0 Å². The van der Waals surface area contributed by atoms with E-state index in [-0.39, 0.29) is 12.2 Å². The van der Waals surface area contributed by atoms with E-state index in [0.717, 1.165) is 5.56 Å². The number of nitrogens with two attached hydrogens (primary N) is 1. The topological polar surface area (TPSA) is 43.1 Å². The molecular formula is C11H14F3NOS. The van der Waals surface area contributed by atoms with Crippen LogP contribution in [0.25, 0.3) is 0 Å². The Morgan fingerprint density at radius 3 is 2.59 bits per heavy atom. The molecule has 0 saturated carbocycles. The third kappa shape index (κ3) is 4.77. The van der Waals surface area contributed by atoms with Gasteiger partial charge in [0.25, 0.3) is 0 Å². The summed E-state index contributed by atoms with van der Waals surface area (Å²) in [6, 6.07) is 5.04. The van der Waals surface area contributed by atoms with Crippen molar-refractivity contribution in [3.63, 3.8) is 0 Å². The van der Waals surface area contributed by atoms with Gasteiger partial charge in [0.2, 0.25) is 0 Å². The van der Waals surface area contributed by atoms with Crippen LogP contribution in [0.15, 0.2) is 23.1 Å². The molecule has 1 aromatic rings. The largest absolute Gasteiger partial charge is 0.398 e. The van der Waals surface area contributed by atoms with Gasteiger partial charge in [-0.3, -0.25) is 4.21 Å². The molecule has 0 aliphatic carbocycles. The van der Waals surface area contributed by atoms with Crippen molar-refractivity contribution in [2.24, 2.45) is 0 Å². The van der Waals surface area contributed by atoms with Gasteiger partial charge >= 0.3 is 6.18 Å². The van der Waals surface area contributed by atoms with Crippen molar-refractivity contribution >= 4 is 16.5 Å². The molecule has 96 valence electrons. The molecule has 17 heavy (non-hydrogen) atoms. The van der Waals surface area contributed by atoms with Gasteiger partial charge in [-0.1, -0.05) is 6.07 Å². The first kappa shape index (κ1) is 14.0. The quantitative estimate of drug-likeness (QED) is 0.850. The second-order valence-corrected chi connectivity index (χ2v) is 5.35. The van der Waals surface area contributed by atoms with E-state index in [4.69, 9.17) is 5.73 Å². The highest BCUT2D eigenvalue weighted by molar-refractivity contribution is 7.85. The molecule has 0 heterocycles. The predicted octanol–water partition coefficient (Wildman–Crippen LogP) is 3.03. The molecule has 1 rings (SSSR count). The second kappa shape index (κ2) is 5.53. The third-order valence-corrected chi connectivity index (χ3v) is 3.71. The Bertz CT molecular complexity index is 418. The molecule has 0 saturated heterocycles. The van der Waals surface area contributed by atoms with Crippen LogP contribution in [-0.4, -0.2) is 16.1 Å². The fourth-order valence-corrected chi connectivity index (χ4v) is 2.63. The smallest absolute Gasteiger partial charge is 0.389 e. The summed E-state index contributed by atoms with van der Waals surface area (Å²) in [5.41, 5.74) is 6.88. The lowest BCUT2D eigenvalue weighted by Crippen LogP contribution is -2.10. The Kier molecular flexibility index (Phi) is 4.56. The van der Waals surface area contributed by atoms with Crippen LogP contribution in [0.5, 0.6) is 0 Å². The van der Waals surface area contributed by atoms with Crippen molar-refractivity contribution in [2.45, 2.75) is 30.8 Å². The Morgan fingerprint density at radius 1 is 1.35 bits per heavy atom. The standard InChI is InChI=1S/C11H14F3NOS/c1-8-3-4-9(15)10(7-8)17(16)6-2-5-11(12,13)14/h3-4,7H,2,5-6,15H2,1H3. The normalized spacial score (nSPS) is 13.6. The zero-order chi connectivity index (χ0) is 13.1. The van der Waals surface area contributed by atoms with E-state index >= 15 is 0 Å². The fraction of sp³-hybridized carbons (Fsp3) is 0.455. The van der Waals surface area contributed by atoms with E-state index in [1.54, 1.807) is 18.2 Å². The predicted molar refractivity (Wildman–Crippen MR) is 62.2 cm³/mol. The molecule has 0 bridgehead atoms. The summed E-state index contributed by atoms with van der Waals surface area (Å²) in [5, 5.41) is 0. The molecule has 0 aliphatic rings. The number of hydrogen-bond donors (Lipinski definition) is 1. The maximum absolute atomic E-state index is 11.9. The highest BCUT2D eigenvalue weighted by Gasteiger charge is 2.26. The van der Waals surface area contributed by atoms with Crippen LogP contribution in [0, 0.1) is 6.92 Å². The molecule has 0 amide bonds. The van der Waals surface area contributed by atoms with Crippen molar-refractivity contribution in [1.82, 2.24) is 0 Å². The minimum absolute atomic E-state index is 0.0207. The first-order valence-corrected chi connectivity index (χ1v) is 6.43. The highest BCUT2D eigenvalue weighted by atomic mass is 32.2. The zero-order valence-corrected chi connectivity index (χ0v) is 10.2. The minimum atomic E-state index is -4.19. The third-order valence-electron chi connectivity index (χ3n) is 2.20. The lowest BCUT2D eigenvalue weighted by Gasteiger charge is -2.08. The number of hydrogen-bond acceptors (Lipinski definition) is 2. The van der Waals surface area contributed by atoms with Crippen LogP contribution in [0.3, 0.4) is 0 Å². The average Bonchev–Trinajstić information content (AvgIpc) is 2.19. The van der Waals surface area contributed by atoms with E-state index in [9.17, 15) is 17.4 Å². The summed E-state index contributed by atoms with van der Waals surface area (Å²) in [7, 11) is -1.46. The summed E-state index contributed by atoms with van der Waals surface area (Å²) < 4.78 is 47.6. The van der Waals surface area contributed by atoms with Gasteiger partial charge in [-0.15, -0.1) is 0 Å². The van der Waals surface area contributed by atoms with Gasteiger partial charge in [-0.25, -0.2) is 0 Å². The van der Waals surface area contributed by atoms with E-state index in [2.05, 4.69) is 0 Å². The van der Waals surface area contributed by atoms with Gasteiger partial charge in [0.05, 0.1) is 15.7 Å². The lowest BCUT2D eigenvalue weighted by molar-refractivity contribution is -0.134. The number of halogens is 3.